The van der Waals surface area contributed by atoms with E-state index in [1.165, 1.54) is 12.8 Å². The van der Waals surface area contributed by atoms with Crippen molar-refractivity contribution in [1.82, 2.24) is 25.1 Å². The smallest absolute Gasteiger partial charge is 0.269 e. The number of ether oxygens (including phenoxy) is 1. The van der Waals surface area contributed by atoms with Crippen LogP contribution in [0.4, 0.5) is 0 Å². The topological polar surface area (TPSA) is 81.9 Å². The minimum atomic E-state index is -0.104. The van der Waals surface area contributed by atoms with Gasteiger partial charge < -0.3 is 10.1 Å². The van der Waals surface area contributed by atoms with Crippen molar-refractivity contribution in [3.05, 3.63) is 48.3 Å². The Bertz CT molecular complexity index is 1010. The van der Waals surface area contributed by atoms with Crippen LogP contribution in [-0.4, -0.2) is 38.8 Å². The number of carbonyl (C=O) groups excluding carboxylic acids is 1. The van der Waals surface area contributed by atoms with Gasteiger partial charge in [0.2, 0.25) is 0 Å². The molecule has 7 nitrogen and oxygen atoms in total. The Morgan fingerprint density at radius 1 is 1.19 bits per heavy atom. The largest absolute Gasteiger partial charge is 0.493 e. The number of para-hydroxylation sites is 1. The zero-order valence-electron chi connectivity index (χ0n) is 14.8. The normalized spacial score (nSPS) is 15.9. The molecule has 1 N–H and O–H groups in total. The molecule has 0 radical (unpaired) electrons. The summed E-state index contributed by atoms with van der Waals surface area (Å²) in [5.41, 5.74) is 2.78. The molecular formula is C20H19N5O2. The Kier molecular flexibility index (Phi) is 3.85. The van der Waals surface area contributed by atoms with Crippen LogP contribution in [0.3, 0.4) is 0 Å². The second-order valence-electron chi connectivity index (χ2n) is 6.91. The molecule has 1 amide bonds. The average Bonchev–Trinajstić information content (AvgIpc) is 3.43. The highest BCUT2D eigenvalue weighted by Gasteiger charge is 2.23. The Hall–Kier alpha value is -3.22. The summed E-state index contributed by atoms with van der Waals surface area (Å²) in [6, 6.07) is 11.4. The number of nitrogens with one attached hydrogen (secondary N) is 1. The van der Waals surface area contributed by atoms with Crippen LogP contribution in [0.2, 0.25) is 0 Å². The molecule has 3 aromatic rings. The van der Waals surface area contributed by atoms with E-state index in [0.29, 0.717) is 41.9 Å². The second-order valence-corrected chi connectivity index (χ2v) is 6.91. The summed E-state index contributed by atoms with van der Waals surface area (Å²) >= 11 is 0. The molecule has 3 heterocycles. The standard InChI is InChI=1S/C20H19N5O2/c26-20-17-11-16(24-25(17)10-9-22-20)15-7-8-21-19(23-15)14-3-1-2-4-18(14)27-12-13-5-6-13/h1-4,7-8,11,13H,5-6,9-10,12H2,(H,22,26). The predicted molar refractivity (Wildman–Crippen MR) is 99.2 cm³/mol. The number of amides is 1. The van der Waals surface area contributed by atoms with Crippen molar-refractivity contribution >= 4 is 5.91 Å². The van der Waals surface area contributed by atoms with E-state index in [2.05, 4.69) is 20.4 Å². The van der Waals surface area contributed by atoms with Crippen molar-refractivity contribution in [2.24, 2.45) is 5.92 Å². The molecule has 2 aliphatic rings. The molecule has 27 heavy (non-hydrogen) atoms. The lowest BCUT2D eigenvalue weighted by atomic mass is 10.1. The van der Waals surface area contributed by atoms with Gasteiger partial charge in [0.15, 0.2) is 5.82 Å². The maximum Gasteiger partial charge on any atom is 0.269 e. The van der Waals surface area contributed by atoms with E-state index in [-0.39, 0.29) is 5.91 Å². The molecule has 0 spiro atoms. The fraction of sp³-hybridized carbons (Fsp3) is 0.300. The van der Waals surface area contributed by atoms with Crippen molar-refractivity contribution in [3.63, 3.8) is 0 Å². The Balaban J connectivity index is 1.49. The van der Waals surface area contributed by atoms with Gasteiger partial charge in [-0.15, -0.1) is 0 Å². The molecule has 1 aliphatic carbocycles. The number of fused-ring (bicyclic) bond motifs is 1. The molecule has 7 heteroatoms. The molecule has 1 fully saturated rings. The highest BCUT2D eigenvalue weighted by molar-refractivity contribution is 5.94. The third-order valence-electron chi connectivity index (χ3n) is 4.84. The van der Waals surface area contributed by atoms with Crippen LogP contribution < -0.4 is 10.1 Å². The predicted octanol–water partition coefficient (Wildman–Crippen LogP) is 2.54. The van der Waals surface area contributed by atoms with Crippen molar-refractivity contribution in [2.75, 3.05) is 13.2 Å². The first-order chi connectivity index (χ1) is 13.3. The molecule has 0 saturated heterocycles. The van der Waals surface area contributed by atoms with E-state index in [0.717, 1.165) is 17.9 Å². The number of rotatable bonds is 5. The number of carbonyl (C=O) groups is 1. The van der Waals surface area contributed by atoms with Gasteiger partial charge in [-0.05, 0) is 43.0 Å². The van der Waals surface area contributed by atoms with Gasteiger partial charge in [0, 0.05) is 12.7 Å². The quantitative estimate of drug-likeness (QED) is 0.755. The first-order valence-corrected chi connectivity index (χ1v) is 9.19. The first kappa shape index (κ1) is 16.0. The third-order valence-corrected chi connectivity index (χ3v) is 4.84. The molecule has 1 aliphatic heterocycles. The monoisotopic (exact) mass is 361 g/mol. The van der Waals surface area contributed by atoms with Crippen LogP contribution in [0, 0.1) is 5.92 Å². The van der Waals surface area contributed by atoms with Crippen molar-refractivity contribution < 1.29 is 9.53 Å². The SMILES string of the molecule is O=C1NCCn2nc(-c3ccnc(-c4ccccc4OCC4CC4)n3)cc21. The van der Waals surface area contributed by atoms with Crippen molar-refractivity contribution in [1.29, 1.82) is 0 Å². The second kappa shape index (κ2) is 6.50. The van der Waals surface area contributed by atoms with Gasteiger partial charge in [0.1, 0.15) is 17.1 Å². The summed E-state index contributed by atoms with van der Waals surface area (Å²) in [5.74, 6) is 1.96. The minimum absolute atomic E-state index is 0.104. The van der Waals surface area contributed by atoms with Crippen LogP contribution in [-0.2, 0) is 6.54 Å². The van der Waals surface area contributed by atoms with Gasteiger partial charge in [0.05, 0.1) is 24.4 Å². The van der Waals surface area contributed by atoms with Gasteiger partial charge in [-0.1, -0.05) is 12.1 Å². The van der Waals surface area contributed by atoms with E-state index in [4.69, 9.17) is 4.74 Å². The van der Waals surface area contributed by atoms with E-state index < -0.39 is 0 Å². The minimum Gasteiger partial charge on any atom is -0.493 e. The highest BCUT2D eigenvalue weighted by atomic mass is 16.5. The number of aromatic nitrogens is 4. The van der Waals surface area contributed by atoms with Gasteiger partial charge in [0.25, 0.3) is 5.91 Å². The number of benzene rings is 1. The number of hydrogen-bond acceptors (Lipinski definition) is 5. The number of nitrogens with zero attached hydrogens (tertiary/aromatic N) is 4. The molecule has 136 valence electrons. The first-order valence-electron chi connectivity index (χ1n) is 9.19. The molecular weight excluding hydrogens is 342 g/mol. The lowest BCUT2D eigenvalue weighted by molar-refractivity contribution is 0.0924. The zero-order chi connectivity index (χ0) is 18.2. The van der Waals surface area contributed by atoms with Crippen molar-refractivity contribution in [2.45, 2.75) is 19.4 Å². The number of hydrogen-bond donors (Lipinski definition) is 1. The van der Waals surface area contributed by atoms with Gasteiger partial charge in [-0.25, -0.2) is 9.97 Å². The van der Waals surface area contributed by atoms with E-state index in [1.54, 1.807) is 16.9 Å². The fourth-order valence-corrected chi connectivity index (χ4v) is 3.16. The van der Waals surface area contributed by atoms with E-state index in [9.17, 15) is 4.79 Å². The van der Waals surface area contributed by atoms with Gasteiger partial charge in [-0.2, -0.15) is 5.10 Å². The van der Waals surface area contributed by atoms with E-state index >= 15 is 0 Å². The van der Waals surface area contributed by atoms with Crippen LogP contribution in [0.15, 0.2) is 42.6 Å². The van der Waals surface area contributed by atoms with E-state index in [1.807, 2.05) is 30.3 Å². The molecule has 0 bridgehead atoms. The zero-order valence-corrected chi connectivity index (χ0v) is 14.8. The lowest BCUT2D eigenvalue weighted by Gasteiger charge is -2.13. The van der Waals surface area contributed by atoms with Crippen LogP contribution >= 0.6 is 0 Å². The van der Waals surface area contributed by atoms with Crippen LogP contribution in [0.1, 0.15) is 23.3 Å². The molecule has 5 rings (SSSR count). The summed E-state index contributed by atoms with van der Waals surface area (Å²) in [4.78, 5) is 21.1. The van der Waals surface area contributed by atoms with Gasteiger partial charge >= 0.3 is 0 Å². The van der Waals surface area contributed by atoms with Crippen molar-refractivity contribution in [3.8, 4) is 28.5 Å². The Labute approximate surface area is 156 Å². The molecule has 0 unspecified atom stereocenters. The lowest BCUT2D eigenvalue weighted by Crippen LogP contribution is -2.35. The summed E-state index contributed by atoms with van der Waals surface area (Å²) < 4.78 is 7.71. The van der Waals surface area contributed by atoms with Crippen LogP contribution in [0.5, 0.6) is 5.75 Å². The molecule has 2 aromatic heterocycles. The Morgan fingerprint density at radius 2 is 2.07 bits per heavy atom. The third kappa shape index (κ3) is 3.16. The maximum atomic E-state index is 12.0. The maximum absolute atomic E-state index is 12.0. The average molecular weight is 361 g/mol. The summed E-state index contributed by atoms with van der Waals surface area (Å²) in [7, 11) is 0. The molecule has 0 atom stereocenters. The summed E-state index contributed by atoms with van der Waals surface area (Å²) in [6.07, 6.45) is 4.20. The summed E-state index contributed by atoms with van der Waals surface area (Å²) in [5, 5.41) is 7.36. The fourth-order valence-electron chi connectivity index (χ4n) is 3.16. The summed E-state index contributed by atoms with van der Waals surface area (Å²) in [6.45, 7) is 1.99. The van der Waals surface area contributed by atoms with Gasteiger partial charge in [-0.3, -0.25) is 9.48 Å². The molecule has 1 saturated carbocycles. The molecule has 1 aromatic carbocycles. The Morgan fingerprint density at radius 3 is 2.93 bits per heavy atom. The van der Waals surface area contributed by atoms with Crippen LogP contribution in [0.25, 0.3) is 22.8 Å². The highest BCUT2D eigenvalue weighted by Crippen LogP contribution is 2.33.